The zero-order valence-corrected chi connectivity index (χ0v) is 14.8. The Morgan fingerprint density at radius 2 is 1.65 bits per heavy atom. The molecule has 0 unspecified atom stereocenters. The summed E-state index contributed by atoms with van der Waals surface area (Å²) in [6.45, 7) is 10.1. The van der Waals surface area contributed by atoms with Crippen LogP contribution in [0.15, 0.2) is 11.1 Å². The molecule has 4 heteroatoms. The normalized spacial score (nSPS) is 41.5. The number of carboxylic acids is 1. The third kappa shape index (κ3) is 2.29. The molecule has 0 aliphatic heterocycles. The fourth-order valence-electron chi connectivity index (χ4n) is 6.09. The molecule has 0 radical (unpaired) electrons. The van der Waals surface area contributed by atoms with E-state index in [0.29, 0.717) is 24.8 Å². The predicted molar refractivity (Wildman–Crippen MR) is 86.9 cm³/mol. The van der Waals surface area contributed by atoms with Gasteiger partial charge in [0.05, 0.1) is 5.41 Å². The Labute approximate surface area is 138 Å². The second kappa shape index (κ2) is 4.47. The molecule has 0 saturated heterocycles. The van der Waals surface area contributed by atoms with Crippen LogP contribution < -0.4 is 0 Å². The SMILES string of the molecule is CC1(C)C[C@@]2(C)CC3=C(C(=O)[C@@H](O)C(C)(C)C3)[C@@](C(=O)O)(C1)C2. The van der Waals surface area contributed by atoms with E-state index in [-0.39, 0.29) is 16.6 Å². The van der Waals surface area contributed by atoms with Crippen molar-refractivity contribution in [3.63, 3.8) is 0 Å². The number of hydrogen-bond acceptors (Lipinski definition) is 3. The van der Waals surface area contributed by atoms with E-state index in [1.54, 1.807) is 0 Å². The van der Waals surface area contributed by atoms with Crippen molar-refractivity contribution in [3.05, 3.63) is 11.1 Å². The highest BCUT2D eigenvalue weighted by atomic mass is 16.4. The van der Waals surface area contributed by atoms with E-state index < -0.39 is 22.9 Å². The lowest BCUT2D eigenvalue weighted by molar-refractivity contribution is -0.160. The lowest BCUT2D eigenvalue weighted by Gasteiger charge is -2.57. The molecule has 3 aliphatic carbocycles. The van der Waals surface area contributed by atoms with Crippen molar-refractivity contribution in [1.82, 2.24) is 0 Å². The Balaban J connectivity index is 2.24. The maximum Gasteiger partial charge on any atom is 0.314 e. The molecular formula is C19H28O4. The minimum absolute atomic E-state index is 0.0857. The lowest BCUT2D eigenvalue weighted by Crippen LogP contribution is -2.56. The van der Waals surface area contributed by atoms with Crippen LogP contribution in [0.3, 0.4) is 0 Å². The monoisotopic (exact) mass is 320 g/mol. The van der Waals surface area contributed by atoms with Crippen LogP contribution in [0.2, 0.25) is 0 Å². The Bertz CT molecular complexity index is 627. The van der Waals surface area contributed by atoms with Gasteiger partial charge in [-0.15, -0.1) is 0 Å². The predicted octanol–water partition coefficient (Wildman–Crippen LogP) is 3.33. The van der Waals surface area contributed by atoms with Gasteiger partial charge in [0.2, 0.25) is 0 Å². The number of aliphatic hydroxyl groups is 1. The molecule has 0 aromatic heterocycles. The Morgan fingerprint density at radius 1 is 1.04 bits per heavy atom. The topological polar surface area (TPSA) is 74.6 Å². The van der Waals surface area contributed by atoms with Crippen molar-refractivity contribution in [3.8, 4) is 0 Å². The Kier molecular flexibility index (Phi) is 3.24. The van der Waals surface area contributed by atoms with E-state index >= 15 is 0 Å². The molecule has 2 N–H and O–H groups in total. The van der Waals surface area contributed by atoms with E-state index in [2.05, 4.69) is 20.8 Å². The van der Waals surface area contributed by atoms with Crippen molar-refractivity contribution in [1.29, 1.82) is 0 Å². The number of allylic oxidation sites excluding steroid dienone is 1. The van der Waals surface area contributed by atoms with E-state index in [4.69, 9.17) is 0 Å². The molecule has 128 valence electrons. The summed E-state index contributed by atoms with van der Waals surface area (Å²) in [5.41, 5.74) is -0.440. The van der Waals surface area contributed by atoms with Gasteiger partial charge in [0, 0.05) is 11.0 Å². The summed E-state index contributed by atoms with van der Waals surface area (Å²) in [4.78, 5) is 25.2. The minimum atomic E-state index is -1.13. The van der Waals surface area contributed by atoms with Crippen molar-refractivity contribution >= 4 is 11.8 Å². The van der Waals surface area contributed by atoms with Crippen molar-refractivity contribution in [2.45, 2.75) is 72.8 Å². The molecule has 0 heterocycles. The van der Waals surface area contributed by atoms with Crippen LogP contribution in [-0.4, -0.2) is 28.1 Å². The van der Waals surface area contributed by atoms with Gasteiger partial charge in [0.15, 0.2) is 5.78 Å². The van der Waals surface area contributed by atoms with E-state index in [1.165, 1.54) is 0 Å². The standard InChI is InChI=1S/C19H28O4/c1-16(2)8-18(5)7-11-6-17(3,4)14(21)13(20)12(11)19(9-16,10-18)15(22)23/h14,21H,6-10H2,1-5H3,(H,22,23)/t14-,18-,19-/m1/s1. The van der Waals surface area contributed by atoms with Gasteiger partial charge in [-0.05, 0) is 42.9 Å². The van der Waals surface area contributed by atoms with Crippen LogP contribution in [0.25, 0.3) is 0 Å². The molecule has 3 atom stereocenters. The summed E-state index contributed by atoms with van der Waals surface area (Å²) in [5.74, 6) is -1.25. The summed E-state index contributed by atoms with van der Waals surface area (Å²) in [6.07, 6.45) is 2.25. The first-order chi connectivity index (χ1) is 10.3. The minimum Gasteiger partial charge on any atom is -0.481 e. The number of hydrogen-bond donors (Lipinski definition) is 2. The van der Waals surface area contributed by atoms with E-state index in [1.807, 2.05) is 13.8 Å². The van der Waals surface area contributed by atoms with Gasteiger partial charge in [-0.25, -0.2) is 0 Å². The van der Waals surface area contributed by atoms with Crippen LogP contribution >= 0.6 is 0 Å². The maximum atomic E-state index is 12.9. The molecule has 0 amide bonds. The van der Waals surface area contributed by atoms with E-state index in [9.17, 15) is 19.8 Å². The number of ketones is 1. The number of Topliss-reactive ketones (excluding diaryl/α,β-unsaturated/α-hetero) is 1. The van der Waals surface area contributed by atoms with Gasteiger partial charge >= 0.3 is 5.97 Å². The first-order valence-corrected chi connectivity index (χ1v) is 8.50. The summed E-state index contributed by atoms with van der Waals surface area (Å²) < 4.78 is 0. The van der Waals surface area contributed by atoms with E-state index in [0.717, 1.165) is 18.4 Å². The molecule has 1 saturated carbocycles. The fraction of sp³-hybridized carbons (Fsp3) is 0.789. The summed E-state index contributed by atoms with van der Waals surface area (Å²) in [7, 11) is 0. The van der Waals surface area contributed by atoms with Crippen molar-refractivity contribution < 1.29 is 19.8 Å². The van der Waals surface area contributed by atoms with Crippen LogP contribution in [0, 0.1) is 21.7 Å². The number of carbonyl (C=O) groups excluding carboxylic acids is 1. The summed E-state index contributed by atoms with van der Waals surface area (Å²) >= 11 is 0. The highest BCUT2D eigenvalue weighted by Crippen LogP contribution is 2.65. The second-order valence-corrected chi connectivity index (χ2v) is 9.98. The summed E-state index contributed by atoms with van der Waals surface area (Å²) in [5, 5.41) is 20.5. The molecule has 4 nitrogen and oxygen atoms in total. The van der Waals surface area contributed by atoms with Gasteiger partial charge in [-0.1, -0.05) is 40.2 Å². The molecule has 0 aromatic rings. The number of fused-ring (bicyclic) bond motifs is 3. The largest absolute Gasteiger partial charge is 0.481 e. The highest BCUT2D eigenvalue weighted by molar-refractivity contribution is 6.07. The van der Waals surface area contributed by atoms with Crippen molar-refractivity contribution in [2.75, 3.05) is 0 Å². The first kappa shape index (κ1) is 16.7. The number of carboxylic acid groups (broad SMARTS) is 1. The molecule has 0 spiro atoms. The maximum absolute atomic E-state index is 12.9. The molecule has 0 aromatic carbocycles. The van der Waals surface area contributed by atoms with Crippen molar-refractivity contribution in [2.24, 2.45) is 21.7 Å². The van der Waals surface area contributed by atoms with Gasteiger partial charge in [0.25, 0.3) is 0 Å². The molecule has 23 heavy (non-hydrogen) atoms. The number of carbonyl (C=O) groups is 2. The quantitative estimate of drug-likeness (QED) is 0.777. The highest BCUT2D eigenvalue weighted by Gasteiger charge is 2.62. The molecular weight excluding hydrogens is 292 g/mol. The number of rotatable bonds is 1. The second-order valence-electron chi connectivity index (χ2n) is 9.98. The number of aliphatic carboxylic acids is 1. The third-order valence-electron chi connectivity index (χ3n) is 6.20. The average molecular weight is 320 g/mol. The molecule has 3 aliphatic rings. The van der Waals surface area contributed by atoms with Crippen LogP contribution in [0.5, 0.6) is 0 Å². The fourth-order valence-corrected chi connectivity index (χ4v) is 6.09. The molecule has 3 rings (SSSR count). The van der Waals surface area contributed by atoms with Crippen LogP contribution in [0.4, 0.5) is 0 Å². The third-order valence-corrected chi connectivity index (χ3v) is 6.20. The molecule has 1 fully saturated rings. The zero-order valence-electron chi connectivity index (χ0n) is 14.8. The number of aliphatic hydroxyl groups excluding tert-OH is 1. The first-order valence-electron chi connectivity index (χ1n) is 8.50. The van der Waals surface area contributed by atoms with Crippen LogP contribution in [-0.2, 0) is 9.59 Å². The average Bonchev–Trinajstić information content (AvgIpc) is 2.31. The zero-order chi connectivity index (χ0) is 17.4. The lowest BCUT2D eigenvalue weighted by atomic mass is 9.45. The van der Waals surface area contributed by atoms with Crippen LogP contribution in [0.1, 0.15) is 66.7 Å². The van der Waals surface area contributed by atoms with Gasteiger partial charge < -0.3 is 10.2 Å². The molecule has 2 bridgehead atoms. The Hall–Kier alpha value is -1.16. The summed E-state index contributed by atoms with van der Waals surface area (Å²) in [6, 6.07) is 0. The van der Waals surface area contributed by atoms with Gasteiger partial charge in [-0.2, -0.15) is 0 Å². The Morgan fingerprint density at radius 3 is 2.22 bits per heavy atom. The smallest absolute Gasteiger partial charge is 0.314 e. The van der Waals surface area contributed by atoms with Gasteiger partial charge in [-0.3, -0.25) is 9.59 Å². The van der Waals surface area contributed by atoms with Gasteiger partial charge in [0.1, 0.15) is 6.10 Å².